The molecule has 0 saturated heterocycles. The number of ether oxygens (including phenoxy) is 1. The summed E-state index contributed by atoms with van der Waals surface area (Å²) in [4.78, 5) is 42.6. The molecule has 2 N–H and O–H groups in total. The number of carbonyl (C=O) groups is 3. The molecule has 41 heavy (non-hydrogen) atoms. The summed E-state index contributed by atoms with van der Waals surface area (Å²) in [6, 6.07) is 20.0. The molecule has 3 amide bonds. The van der Waals surface area contributed by atoms with E-state index in [4.69, 9.17) is 16.3 Å². The highest BCUT2D eigenvalue weighted by Crippen LogP contribution is 2.29. The van der Waals surface area contributed by atoms with Crippen molar-refractivity contribution in [2.24, 2.45) is 0 Å². The number of anilines is 1. The Bertz CT molecular complexity index is 1350. The SMILES string of the molecule is C=CCN(C(=O)C(Cc1ccccc1)NC(=O)OC(C)(C)C)C(C(=O)Nc1c(C)cccc1Cl)c1ccc(C)cc1. The van der Waals surface area contributed by atoms with Crippen molar-refractivity contribution >= 4 is 35.2 Å². The lowest BCUT2D eigenvalue weighted by molar-refractivity contribution is -0.140. The second-order valence-corrected chi connectivity index (χ2v) is 11.3. The van der Waals surface area contributed by atoms with Gasteiger partial charge in [-0.05, 0) is 57.4 Å². The van der Waals surface area contributed by atoms with Crippen LogP contribution in [0.5, 0.6) is 0 Å². The smallest absolute Gasteiger partial charge is 0.408 e. The summed E-state index contributed by atoms with van der Waals surface area (Å²) in [7, 11) is 0. The summed E-state index contributed by atoms with van der Waals surface area (Å²) < 4.78 is 5.47. The minimum Gasteiger partial charge on any atom is -0.444 e. The standard InChI is InChI=1S/C33H38ClN3O4/c1-7-20-37(31(39)27(21-24-13-9-8-10-14-24)35-32(40)41-33(4,5)6)29(25-18-16-22(2)17-19-25)30(38)36-28-23(3)12-11-15-26(28)34/h7-19,27,29H,1,20-21H2,2-6H3,(H,35,40)(H,36,38). The summed E-state index contributed by atoms with van der Waals surface area (Å²) in [6.45, 7) is 12.9. The average molecular weight is 576 g/mol. The van der Waals surface area contributed by atoms with Crippen molar-refractivity contribution in [3.63, 3.8) is 0 Å². The van der Waals surface area contributed by atoms with Gasteiger partial charge >= 0.3 is 6.09 Å². The molecule has 3 rings (SSSR count). The second-order valence-electron chi connectivity index (χ2n) is 10.9. The zero-order chi connectivity index (χ0) is 30.2. The van der Waals surface area contributed by atoms with Gasteiger partial charge in [-0.1, -0.05) is 90.0 Å². The highest BCUT2D eigenvalue weighted by atomic mass is 35.5. The first kappa shape index (κ1) is 31.4. The Morgan fingerprint density at radius 3 is 2.22 bits per heavy atom. The van der Waals surface area contributed by atoms with Gasteiger partial charge in [-0.3, -0.25) is 9.59 Å². The van der Waals surface area contributed by atoms with Gasteiger partial charge in [0.2, 0.25) is 5.91 Å². The van der Waals surface area contributed by atoms with Crippen LogP contribution in [0.3, 0.4) is 0 Å². The third kappa shape index (κ3) is 8.95. The Morgan fingerprint density at radius 1 is 0.976 bits per heavy atom. The topological polar surface area (TPSA) is 87.7 Å². The van der Waals surface area contributed by atoms with Gasteiger partial charge in [0.25, 0.3) is 5.91 Å². The summed E-state index contributed by atoms with van der Waals surface area (Å²) >= 11 is 6.43. The molecule has 0 fully saturated rings. The maximum Gasteiger partial charge on any atom is 0.408 e. The number of hydrogen-bond donors (Lipinski definition) is 2. The van der Waals surface area contributed by atoms with Gasteiger partial charge in [-0.25, -0.2) is 4.79 Å². The van der Waals surface area contributed by atoms with E-state index in [1.165, 1.54) is 4.90 Å². The van der Waals surface area contributed by atoms with E-state index in [0.717, 1.165) is 16.7 Å². The monoisotopic (exact) mass is 575 g/mol. The molecule has 0 aliphatic heterocycles. The third-order valence-electron chi connectivity index (χ3n) is 6.30. The van der Waals surface area contributed by atoms with E-state index in [1.54, 1.807) is 39.0 Å². The number of aryl methyl sites for hydroxylation is 2. The molecule has 2 atom stereocenters. The fourth-order valence-corrected chi connectivity index (χ4v) is 4.63. The lowest BCUT2D eigenvalue weighted by atomic mass is 9.99. The zero-order valence-corrected chi connectivity index (χ0v) is 25.0. The van der Waals surface area contributed by atoms with Crippen LogP contribution in [0.25, 0.3) is 0 Å². The molecule has 0 aliphatic rings. The number of benzene rings is 3. The molecule has 0 spiro atoms. The highest BCUT2D eigenvalue weighted by Gasteiger charge is 2.36. The molecule has 7 nitrogen and oxygen atoms in total. The molecule has 0 aromatic heterocycles. The number of nitrogens with zero attached hydrogens (tertiary/aromatic N) is 1. The fourth-order valence-electron chi connectivity index (χ4n) is 4.36. The van der Waals surface area contributed by atoms with Crippen molar-refractivity contribution in [3.05, 3.63) is 113 Å². The van der Waals surface area contributed by atoms with Gasteiger partial charge in [0, 0.05) is 13.0 Å². The molecule has 0 bridgehead atoms. The Morgan fingerprint density at radius 2 is 1.63 bits per heavy atom. The Kier molecular flexibility index (Phi) is 10.7. The number of halogens is 1. The second kappa shape index (κ2) is 14.0. The van der Waals surface area contributed by atoms with Gasteiger partial charge in [0.15, 0.2) is 0 Å². The van der Waals surface area contributed by atoms with Crippen LogP contribution < -0.4 is 10.6 Å². The Hall–Kier alpha value is -4.10. The molecule has 2 unspecified atom stereocenters. The van der Waals surface area contributed by atoms with Crippen LogP contribution in [0, 0.1) is 13.8 Å². The lowest BCUT2D eigenvalue weighted by Crippen LogP contribution is -2.53. The van der Waals surface area contributed by atoms with Crippen LogP contribution in [0.15, 0.2) is 85.5 Å². The number of para-hydroxylation sites is 1. The minimum absolute atomic E-state index is 0.0492. The maximum absolute atomic E-state index is 14.3. The van der Waals surface area contributed by atoms with Crippen LogP contribution in [0.4, 0.5) is 10.5 Å². The highest BCUT2D eigenvalue weighted by molar-refractivity contribution is 6.34. The summed E-state index contributed by atoms with van der Waals surface area (Å²) in [6.07, 6.45) is 1.02. The van der Waals surface area contributed by atoms with E-state index in [2.05, 4.69) is 17.2 Å². The molecular weight excluding hydrogens is 538 g/mol. The molecule has 0 radical (unpaired) electrons. The Balaban J connectivity index is 2.06. The van der Waals surface area contributed by atoms with Crippen molar-refractivity contribution in [3.8, 4) is 0 Å². The number of amides is 3. The third-order valence-corrected chi connectivity index (χ3v) is 6.62. The van der Waals surface area contributed by atoms with Crippen LogP contribution in [0.1, 0.15) is 49.1 Å². The van der Waals surface area contributed by atoms with Crippen molar-refractivity contribution in [1.82, 2.24) is 10.2 Å². The number of rotatable bonds is 10. The lowest BCUT2D eigenvalue weighted by Gasteiger charge is -2.34. The average Bonchev–Trinajstić information content (AvgIpc) is 2.90. The number of nitrogens with one attached hydrogen (secondary N) is 2. The first-order valence-corrected chi connectivity index (χ1v) is 13.8. The molecule has 3 aromatic carbocycles. The van der Waals surface area contributed by atoms with E-state index in [1.807, 2.05) is 74.5 Å². The van der Waals surface area contributed by atoms with Gasteiger partial charge in [-0.2, -0.15) is 0 Å². The first-order chi connectivity index (χ1) is 19.4. The van der Waals surface area contributed by atoms with Crippen molar-refractivity contribution < 1.29 is 19.1 Å². The quantitative estimate of drug-likeness (QED) is 0.261. The van der Waals surface area contributed by atoms with Gasteiger partial charge < -0.3 is 20.3 Å². The number of carbonyl (C=O) groups excluding carboxylic acids is 3. The summed E-state index contributed by atoms with van der Waals surface area (Å²) in [5, 5.41) is 6.06. The molecule has 0 saturated carbocycles. The van der Waals surface area contributed by atoms with E-state index in [-0.39, 0.29) is 13.0 Å². The van der Waals surface area contributed by atoms with Gasteiger partial charge in [0.1, 0.15) is 17.7 Å². The molecule has 8 heteroatoms. The summed E-state index contributed by atoms with van der Waals surface area (Å²) in [5.74, 6) is -0.910. The predicted octanol–water partition coefficient (Wildman–Crippen LogP) is 6.79. The van der Waals surface area contributed by atoms with Crippen LogP contribution >= 0.6 is 11.6 Å². The van der Waals surface area contributed by atoms with Crippen LogP contribution in [0.2, 0.25) is 5.02 Å². The molecule has 0 heterocycles. The van der Waals surface area contributed by atoms with Gasteiger partial charge in [0.05, 0.1) is 10.7 Å². The maximum atomic E-state index is 14.3. The molecule has 216 valence electrons. The van der Waals surface area contributed by atoms with Crippen molar-refractivity contribution in [2.75, 3.05) is 11.9 Å². The fraction of sp³-hybridized carbons (Fsp3) is 0.303. The predicted molar refractivity (Wildman–Crippen MR) is 164 cm³/mol. The van der Waals surface area contributed by atoms with E-state index >= 15 is 0 Å². The Labute approximate surface area is 247 Å². The largest absolute Gasteiger partial charge is 0.444 e. The molecular formula is C33H38ClN3O4. The number of hydrogen-bond acceptors (Lipinski definition) is 4. The molecule has 0 aliphatic carbocycles. The summed E-state index contributed by atoms with van der Waals surface area (Å²) in [5.41, 5.74) is 2.93. The van der Waals surface area contributed by atoms with Crippen molar-refractivity contribution in [2.45, 2.75) is 58.7 Å². The van der Waals surface area contributed by atoms with E-state index < -0.39 is 35.6 Å². The van der Waals surface area contributed by atoms with Crippen LogP contribution in [-0.2, 0) is 20.7 Å². The minimum atomic E-state index is -1.05. The zero-order valence-electron chi connectivity index (χ0n) is 24.2. The number of alkyl carbamates (subject to hydrolysis) is 1. The van der Waals surface area contributed by atoms with Crippen LogP contribution in [-0.4, -0.2) is 41.0 Å². The first-order valence-electron chi connectivity index (χ1n) is 13.5. The molecule has 3 aromatic rings. The van der Waals surface area contributed by atoms with Crippen molar-refractivity contribution in [1.29, 1.82) is 0 Å². The van der Waals surface area contributed by atoms with E-state index in [9.17, 15) is 14.4 Å². The van der Waals surface area contributed by atoms with Gasteiger partial charge in [-0.15, -0.1) is 6.58 Å². The normalized spacial score (nSPS) is 12.5. The van der Waals surface area contributed by atoms with E-state index in [0.29, 0.717) is 16.3 Å².